The molecular formula is C23H24N2O4S. The number of hydrogen-bond donors (Lipinski definition) is 0. The van der Waals surface area contributed by atoms with Gasteiger partial charge in [-0.1, -0.05) is 17.7 Å². The molecule has 0 saturated heterocycles. The third-order valence-electron chi connectivity index (χ3n) is 4.82. The van der Waals surface area contributed by atoms with Crippen LogP contribution in [0.25, 0.3) is 0 Å². The van der Waals surface area contributed by atoms with Crippen LogP contribution in [0, 0.1) is 6.92 Å². The predicted molar refractivity (Wildman–Crippen MR) is 115 cm³/mol. The SMILES string of the molecule is Cc1ccc(OCc2nc(CN(C(=O)c3ccc4c(c3)OCO4)C(C)C)cs2)cc1. The number of rotatable bonds is 7. The molecule has 1 aliphatic heterocycles. The molecule has 0 unspecified atom stereocenters. The van der Waals surface area contributed by atoms with Crippen molar-refractivity contribution in [2.24, 2.45) is 0 Å². The van der Waals surface area contributed by atoms with Crippen LogP contribution in [0.15, 0.2) is 47.8 Å². The van der Waals surface area contributed by atoms with Crippen LogP contribution in [-0.2, 0) is 13.2 Å². The molecular weight excluding hydrogens is 400 g/mol. The van der Waals surface area contributed by atoms with Crippen molar-refractivity contribution < 1.29 is 19.0 Å². The number of ether oxygens (including phenoxy) is 3. The van der Waals surface area contributed by atoms with Gasteiger partial charge in [0.2, 0.25) is 6.79 Å². The Balaban J connectivity index is 1.42. The minimum absolute atomic E-state index is 0.0249. The Bertz CT molecular complexity index is 1030. The number of aryl methyl sites for hydroxylation is 1. The van der Waals surface area contributed by atoms with Crippen molar-refractivity contribution in [3.05, 3.63) is 69.7 Å². The van der Waals surface area contributed by atoms with E-state index in [0.717, 1.165) is 16.5 Å². The Morgan fingerprint density at radius 1 is 1.17 bits per heavy atom. The van der Waals surface area contributed by atoms with E-state index in [4.69, 9.17) is 14.2 Å². The maximum Gasteiger partial charge on any atom is 0.254 e. The number of hydrogen-bond acceptors (Lipinski definition) is 6. The molecule has 0 aliphatic carbocycles. The molecule has 7 heteroatoms. The highest BCUT2D eigenvalue weighted by Gasteiger charge is 2.23. The molecule has 156 valence electrons. The van der Waals surface area contributed by atoms with Gasteiger partial charge in [-0.05, 0) is 51.1 Å². The van der Waals surface area contributed by atoms with Gasteiger partial charge >= 0.3 is 0 Å². The minimum atomic E-state index is -0.0613. The van der Waals surface area contributed by atoms with Crippen molar-refractivity contribution >= 4 is 17.2 Å². The fourth-order valence-corrected chi connectivity index (χ4v) is 3.82. The molecule has 0 saturated carbocycles. The summed E-state index contributed by atoms with van der Waals surface area (Å²) in [7, 11) is 0. The normalized spacial score (nSPS) is 12.3. The molecule has 3 aromatic rings. The Labute approximate surface area is 180 Å². The predicted octanol–water partition coefficient (Wildman–Crippen LogP) is 4.81. The Kier molecular flexibility index (Phi) is 5.90. The van der Waals surface area contributed by atoms with E-state index in [0.29, 0.717) is 30.2 Å². The minimum Gasteiger partial charge on any atom is -0.486 e. The average molecular weight is 425 g/mol. The van der Waals surface area contributed by atoms with E-state index in [1.165, 1.54) is 16.9 Å². The zero-order valence-corrected chi connectivity index (χ0v) is 18.1. The van der Waals surface area contributed by atoms with Gasteiger partial charge in [-0.3, -0.25) is 4.79 Å². The summed E-state index contributed by atoms with van der Waals surface area (Å²) >= 11 is 1.54. The number of carbonyl (C=O) groups is 1. The van der Waals surface area contributed by atoms with Gasteiger partial charge in [-0.15, -0.1) is 11.3 Å². The van der Waals surface area contributed by atoms with E-state index in [-0.39, 0.29) is 18.7 Å². The van der Waals surface area contributed by atoms with E-state index < -0.39 is 0 Å². The quantitative estimate of drug-likeness (QED) is 0.545. The van der Waals surface area contributed by atoms with Crippen molar-refractivity contribution in [3.63, 3.8) is 0 Å². The molecule has 4 rings (SSSR count). The Morgan fingerprint density at radius 2 is 1.93 bits per heavy atom. The summed E-state index contributed by atoms with van der Waals surface area (Å²) in [6.45, 7) is 7.07. The molecule has 1 aromatic heterocycles. The van der Waals surface area contributed by atoms with Gasteiger partial charge in [-0.25, -0.2) is 4.98 Å². The number of nitrogens with zero attached hydrogens (tertiary/aromatic N) is 2. The topological polar surface area (TPSA) is 60.9 Å². The van der Waals surface area contributed by atoms with E-state index in [1.54, 1.807) is 23.1 Å². The lowest BCUT2D eigenvalue weighted by Gasteiger charge is -2.26. The van der Waals surface area contributed by atoms with Gasteiger partial charge < -0.3 is 19.1 Å². The molecule has 0 radical (unpaired) electrons. The molecule has 0 atom stereocenters. The summed E-state index contributed by atoms with van der Waals surface area (Å²) in [5, 5.41) is 2.86. The molecule has 2 aromatic carbocycles. The lowest BCUT2D eigenvalue weighted by molar-refractivity contribution is 0.0687. The maximum atomic E-state index is 13.1. The maximum absolute atomic E-state index is 13.1. The summed E-state index contributed by atoms with van der Waals surface area (Å²) in [5.74, 6) is 2.03. The largest absolute Gasteiger partial charge is 0.486 e. The van der Waals surface area contributed by atoms with Crippen molar-refractivity contribution in [1.29, 1.82) is 0 Å². The second kappa shape index (κ2) is 8.75. The number of amides is 1. The summed E-state index contributed by atoms with van der Waals surface area (Å²) in [6.07, 6.45) is 0. The van der Waals surface area contributed by atoms with E-state index in [9.17, 15) is 4.79 Å². The van der Waals surface area contributed by atoms with Gasteiger partial charge in [0.1, 0.15) is 17.4 Å². The molecule has 0 bridgehead atoms. The first-order valence-corrected chi connectivity index (χ1v) is 10.7. The molecule has 1 amide bonds. The van der Waals surface area contributed by atoms with Crippen LogP contribution in [0.1, 0.15) is 40.5 Å². The highest BCUT2D eigenvalue weighted by atomic mass is 32.1. The first kappa shape index (κ1) is 20.2. The molecule has 0 fully saturated rings. The van der Waals surface area contributed by atoms with Gasteiger partial charge in [-0.2, -0.15) is 0 Å². The molecule has 6 nitrogen and oxygen atoms in total. The third kappa shape index (κ3) is 4.57. The standard InChI is InChI=1S/C23H24N2O4S/c1-15(2)25(23(26)17-6-9-20-21(10-17)29-14-28-20)11-18-13-30-22(24-18)12-27-19-7-4-16(3)5-8-19/h4-10,13,15H,11-12,14H2,1-3H3. The van der Waals surface area contributed by atoms with E-state index in [1.807, 2.05) is 50.4 Å². The van der Waals surface area contributed by atoms with Crippen LogP contribution in [-0.4, -0.2) is 28.6 Å². The van der Waals surface area contributed by atoms with Gasteiger partial charge in [0.05, 0.1) is 12.2 Å². The Morgan fingerprint density at radius 3 is 2.70 bits per heavy atom. The highest BCUT2D eigenvalue weighted by molar-refractivity contribution is 7.09. The molecule has 2 heterocycles. The number of carbonyl (C=O) groups excluding carboxylic acids is 1. The van der Waals surface area contributed by atoms with Crippen LogP contribution in [0.4, 0.5) is 0 Å². The lowest BCUT2D eigenvalue weighted by Crippen LogP contribution is -2.36. The number of fused-ring (bicyclic) bond motifs is 1. The summed E-state index contributed by atoms with van der Waals surface area (Å²) in [4.78, 5) is 19.6. The summed E-state index contributed by atoms with van der Waals surface area (Å²) in [6, 6.07) is 13.3. The van der Waals surface area contributed by atoms with Crippen LogP contribution >= 0.6 is 11.3 Å². The monoisotopic (exact) mass is 424 g/mol. The second-order valence-electron chi connectivity index (χ2n) is 7.43. The third-order valence-corrected chi connectivity index (χ3v) is 5.69. The number of aromatic nitrogens is 1. The lowest BCUT2D eigenvalue weighted by atomic mass is 10.1. The fraction of sp³-hybridized carbons (Fsp3) is 0.304. The molecule has 0 spiro atoms. The molecule has 30 heavy (non-hydrogen) atoms. The van der Waals surface area contributed by atoms with Crippen LogP contribution in [0.5, 0.6) is 17.2 Å². The zero-order chi connectivity index (χ0) is 21.1. The van der Waals surface area contributed by atoms with Crippen molar-refractivity contribution in [1.82, 2.24) is 9.88 Å². The molecule has 0 N–H and O–H groups in total. The number of thiazole rings is 1. The van der Waals surface area contributed by atoms with Crippen molar-refractivity contribution in [3.8, 4) is 17.2 Å². The van der Waals surface area contributed by atoms with Crippen molar-refractivity contribution in [2.45, 2.75) is 40.0 Å². The first-order chi connectivity index (χ1) is 14.5. The number of benzene rings is 2. The first-order valence-electron chi connectivity index (χ1n) is 9.83. The smallest absolute Gasteiger partial charge is 0.254 e. The van der Waals surface area contributed by atoms with Gasteiger partial charge in [0.25, 0.3) is 5.91 Å². The highest BCUT2D eigenvalue weighted by Crippen LogP contribution is 2.33. The van der Waals surface area contributed by atoms with Gasteiger partial charge in [0, 0.05) is 17.0 Å². The zero-order valence-electron chi connectivity index (χ0n) is 17.3. The van der Waals surface area contributed by atoms with Crippen molar-refractivity contribution in [2.75, 3.05) is 6.79 Å². The summed E-state index contributed by atoms with van der Waals surface area (Å²) in [5.41, 5.74) is 2.62. The Hall–Kier alpha value is -3.06. The summed E-state index contributed by atoms with van der Waals surface area (Å²) < 4.78 is 16.5. The molecule has 1 aliphatic rings. The van der Waals surface area contributed by atoms with Crippen LogP contribution in [0.2, 0.25) is 0 Å². The van der Waals surface area contributed by atoms with E-state index in [2.05, 4.69) is 4.98 Å². The van der Waals surface area contributed by atoms with Gasteiger partial charge in [0.15, 0.2) is 11.5 Å². The van der Waals surface area contributed by atoms with E-state index >= 15 is 0 Å². The average Bonchev–Trinajstić information content (AvgIpc) is 3.39. The fourth-order valence-electron chi connectivity index (χ4n) is 3.13. The van der Waals surface area contributed by atoms with Crippen LogP contribution in [0.3, 0.4) is 0 Å². The second-order valence-corrected chi connectivity index (χ2v) is 8.37. The van der Waals surface area contributed by atoms with Crippen LogP contribution < -0.4 is 14.2 Å².